The highest BCUT2D eigenvalue weighted by atomic mass is 32.2. The van der Waals surface area contributed by atoms with Crippen molar-refractivity contribution in [3.05, 3.63) is 0 Å². The minimum absolute atomic E-state index is 0.0600. The van der Waals surface area contributed by atoms with Gasteiger partial charge in [0.2, 0.25) is 0 Å². The molecule has 0 radical (unpaired) electrons. The molecule has 0 unspecified atom stereocenters. The van der Waals surface area contributed by atoms with Crippen LogP contribution in [0.1, 0.15) is 0 Å². The molecule has 0 saturated heterocycles. The zero-order valence-electron chi connectivity index (χ0n) is 6.75. The van der Waals surface area contributed by atoms with Gasteiger partial charge in [-0.3, -0.25) is 18.8 Å². The lowest BCUT2D eigenvalue weighted by Gasteiger charge is -2.01. The van der Waals surface area contributed by atoms with Gasteiger partial charge in [0.1, 0.15) is 0 Å². The maximum atomic E-state index is 8.67. The molecule has 0 bridgehead atoms. The van der Waals surface area contributed by atoms with Crippen molar-refractivity contribution in [2.45, 2.75) is 0 Å². The van der Waals surface area contributed by atoms with E-state index in [0.29, 0.717) is 0 Å². The van der Waals surface area contributed by atoms with Gasteiger partial charge in [-0.15, -0.1) is 0 Å². The molecule has 0 aliphatic rings. The van der Waals surface area contributed by atoms with Crippen molar-refractivity contribution >= 4 is 11.4 Å². The van der Waals surface area contributed by atoms with Crippen LogP contribution in [-0.4, -0.2) is 50.0 Å². The number of hydrogen-bond donors (Lipinski definition) is 5. The number of nitrogens with one attached hydrogen (secondary N) is 1. The maximum Gasteiger partial charge on any atom is 0.299 e. The van der Waals surface area contributed by atoms with Gasteiger partial charge >= 0.3 is 0 Å². The third-order valence-corrected chi connectivity index (χ3v) is 0.505. The van der Waals surface area contributed by atoms with Crippen molar-refractivity contribution in [2.75, 3.05) is 26.4 Å². The molecule has 0 amide bonds. The van der Waals surface area contributed by atoms with E-state index in [1.54, 1.807) is 0 Å². The van der Waals surface area contributed by atoms with Gasteiger partial charge in [0.15, 0.2) is 0 Å². The van der Waals surface area contributed by atoms with Crippen LogP contribution in [0.2, 0.25) is 0 Å². The Morgan fingerprint density at radius 1 is 1.08 bits per heavy atom. The zero-order valence-corrected chi connectivity index (χ0v) is 7.57. The molecule has 0 spiro atoms. The maximum absolute atomic E-state index is 8.67. The van der Waals surface area contributed by atoms with Crippen LogP contribution in [0.15, 0.2) is 0 Å². The molecule has 0 aromatic rings. The molecule has 82 valence electrons. The van der Waals surface area contributed by atoms with E-state index >= 15 is 0 Å². The lowest BCUT2D eigenvalue weighted by Crippen LogP contribution is -2.19. The summed E-state index contributed by atoms with van der Waals surface area (Å²) < 4.78 is 22.8. The van der Waals surface area contributed by atoms with Crippen LogP contribution >= 0.6 is 0 Å². The summed E-state index contributed by atoms with van der Waals surface area (Å²) in [5.41, 5.74) is 2.07. The number of rotatable bonds is 6. The Balaban J connectivity index is 0. The fourth-order valence-electron chi connectivity index (χ4n) is 0.216. The molecule has 0 atom stereocenters. The first-order chi connectivity index (χ1) is 6.15. The fraction of sp³-hybridized carbons (Fsp3) is 1.00. The van der Waals surface area contributed by atoms with Gasteiger partial charge in [0.05, 0.1) is 26.4 Å². The van der Waals surface area contributed by atoms with Crippen molar-refractivity contribution in [1.29, 1.82) is 0 Å². The van der Waals surface area contributed by atoms with Crippen molar-refractivity contribution < 1.29 is 33.2 Å². The summed E-state index contributed by atoms with van der Waals surface area (Å²) in [7, 11) is 0. The Labute approximate surface area is 77.5 Å². The van der Waals surface area contributed by atoms with Crippen LogP contribution in [0.4, 0.5) is 0 Å². The average Bonchev–Trinajstić information content (AvgIpc) is 2.03. The third kappa shape index (κ3) is 33.6. The Hall–Kier alpha value is -0.130. The van der Waals surface area contributed by atoms with Crippen LogP contribution in [0.5, 0.6) is 0 Å². The van der Waals surface area contributed by atoms with Gasteiger partial charge in [-0.25, -0.2) is 0 Å². The monoisotopic (exact) mass is 219 g/mol. The van der Waals surface area contributed by atoms with Gasteiger partial charge in [-0.2, -0.15) is 4.21 Å². The van der Waals surface area contributed by atoms with Gasteiger partial charge in [0, 0.05) is 0 Å². The molecule has 8 nitrogen and oxygen atoms in total. The molecule has 0 aliphatic heterocycles. The van der Waals surface area contributed by atoms with E-state index in [-0.39, 0.29) is 26.4 Å². The third-order valence-electron chi connectivity index (χ3n) is 0.505. The fourth-order valence-corrected chi connectivity index (χ4v) is 0.216. The van der Waals surface area contributed by atoms with Crippen LogP contribution in [0.25, 0.3) is 0 Å². The summed E-state index contributed by atoms with van der Waals surface area (Å²) in [6, 6.07) is 0. The van der Waals surface area contributed by atoms with Crippen molar-refractivity contribution in [3.8, 4) is 0 Å². The Morgan fingerprint density at radius 3 is 1.62 bits per heavy atom. The topological polar surface area (TPSA) is 128 Å². The van der Waals surface area contributed by atoms with Crippen molar-refractivity contribution in [3.63, 3.8) is 0 Å². The lowest BCUT2D eigenvalue weighted by molar-refractivity contribution is -0.178. The molecule has 9 heteroatoms. The molecule has 0 aromatic heterocycles. The second kappa shape index (κ2) is 14.4. The van der Waals surface area contributed by atoms with E-state index in [9.17, 15) is 0 Å². The lowest BCUT2D eigenvalue weighted by atomic mass is 10.8. The average molecular weight is 219 g/mol. The molecule has 5 N–H and O–H groups in total. The molecule has 0 heterocycles. The standard InChI is InChI=1S/C4H11NO4.H2O3S/c6-1-3-8-5-9-4-2-7;1-4(2)3/h5-7H,1-4H2;(H2,1,2,3). The van der Waals surface area contributed by atoms with Crippen LogP contribution < -0.4 is 5.64 Å². The highest BCUT2D eigenvalue weighted by Gasteiger charge is 1.83. The molecule has 0 saturated carbocycles. The first kappa shape index (κ1) is 15.3. The van der Waals surface area contributed by atoms with E-state index in [0.717, 1.165) is 0 Å². The molecule has 13 heavy (non-hydrogen) atoms. The highest BCUT2D eigenvalue weighted by molar-refractivity contribution is 7.73. The summed E-state index contributed by atoms with van der Waals surface area (Å²) in [6.07, 6.45) is 0. The second-order valence-corrected chi connectivity index (χ2v) is 1.92. The molecule has 0 aromatic carbocycles. The minimum Gasteiger partial charge on any atom is -0.394 e. The van der Waals surface area contributed by atoms with Crippen LogP contribution in [0, 0.1) is 0 Å². The second-order valence-electron chi connectivity index (χ2n) is 1.46. The Bertz CT molecular complexity index is 103. The smallest absolute Gasteiger partial charge is 0.299 e. The predicted molar refractivity (Wildman–Crippen MR) is 42.6 cm³/mol. The van der Waals surface area contributed by atoms with Gasteiger partial charge in [-0.1, -0.05) is 5.64 Å². The first-order valence-electron chi connectivity index (χ1n) is 3.15. The first-order valence-corrected chi connectivity index (χ1v) is 4.21. The molecular formula is C4H13NO7S. The number of aliphatic hydroxyl groups is 2. The van der Waals surface area contributed by atoms with Gasteiger partial charge in [0.25, 0.3) is 11.4 Å². The van der Waals surface area contributed by atoms with Crippen molar-refractivity contribution in [1.82, 2.24) is 5.64 Å². The summed E-state index contributed by atoms with van der Waals surface area (Å²) in [5, 5.41) is 16.3. The van der Waals surface area contributed by atoms with E-state index in [2.05, 4.69) is 15.3 Å². The molecule has 0 aliphatic carbocycles. The van der Waals surface area contributed by atoms with E-state index < -0.39 is 11.4 Å². The Kier molecular flexibility index (Phi) is 17.0. The predicted octanol–water partition coefficient (Wildman–Crippen LogP) is -1.90. The van der Waals surface area contributed by atoms with Crippen molar-refractivity contribution in [2.24, 2.45) is 0 Å². The minimum atomic E-state index is -2.61. The van der Waals surface area contributed by atoms with E-state index in [4.69, 9.17) is 23.5 Å². The molecule has 0 rings (SSSR count). The summed E-state index contributed by atoms with van der Waals surface area (Å²) in [5.74, 6) is 0. The summed E-state index contributed by atoms with van der Waals surface area (Å²) in [6.45, 7) is 0.224. The summed E-state index contributed by atoms with van der Waals surface area (Å²) >= 11 is -2.61. The Morgan fingerprint density at radius 2 is 1.38 bits per heavy atom. The van der Waals surface area contributed by atoms with Gasteiger partial charge in [-0.05, 0) is 0 Å². The highest BCUT2D eigenvalue weighted by Crippen LogP contribution is 1.67. The number of hydrogen-bond acceptors (Lipinski definition) is 6. The van der Waals surface area contributed by atoms with E-state index in [1.165, 1.54) is 0 Å². The quantitative estimate of drug-likeness (QED) is 0.199. The number of aliphatic hydroxyl groups excluding tert-OH is 2. The SMILES string of the molecule is O=S(O)O.OCCONOCCO. The largest absolute Gasteiger partial charge is 0.394 e. The van der Waals surface area contributed by atoms with Crippen LogP contribution in [0.3, 0.4) is 0 Å². The molecular weight excluding hydrogens is 206 g/mol. The van der Waals surface area contributed by atoms with Crippen LogP contribution in [-0.2, 0) is 21.0 Å². The normalized spacial score (nSPS) is 9.62. The van der Waals surface area contributed by atoms with E-state index in [1.807, 2.05) is 0 Å². The van der Waals surface area contributed by atoms with Gasteiger partial charge < -0.3 is 10.2 Å². The zero-order chi connectivity index (χ0) is 10.5. The molecule has 0 fully saturated rings. The summed E-state index contributed by atoms with van der Waals surface area (Å²) in [4.78, 5) is 8.90.